The molecule has 0 aliphatic rings. The van der Waals surface area contributed by atoms with Crippen LogP contribution >= 0.6 is 11.3 Å². The third kappa shape index (κ3) is 2.95. The molecule has 4 nitrogen and oxygen atoms in total. The highest BCUT2D eigenvalue weighted by molar-refractivity contribution is 7.15. The molecule has 78 valence electrons. The lowest BCUT2D eigenvalue weighted by Crippen LogP contribution is -2.06. The Labute approximate surface area is 82.1 Å². The Morgan fingerprint density at radius 2 is 2.00 bits per heavy atom. The summed E-state index contributed by atoms with van der Waals surface area (Å²) in [4.78, 5) is 5.28. The number of hydrogen-bond donors (Lipinski definition) is 0. The minimum Gasteiger partial charge on any atom is -0.369 e. The minimum atomic E-state index is -4.44. The molecule has 0 N–H and O–H groups in total. The van der Waals surface area contributed by atoms with Crippen molar-refractivity contribution in [1.82, 2.24) is 15.1 Å². The van der Waals surface area contributed by atoms with Gasteiger partial charge in [-0.05, 0) is 0 Å². The van der Waals surface area contributed by atoms with Crippen LogP contribution in [-0.4, -0.2) is 35.5 Å². The van der Waals surface area contributed by atoms with Crippen LogP contribution in [0.4, 0.5) is 18.3 Å². The van der Waals surface area contributed by atoms with Crippen LogP contribution in [0.5, 0.6) is 0 Å². The summed E-state index contributed by atoms with van der Waals surface area (Å²) < 4.78 is 36.1. The van der Waals surface area contributed by atoms with E-state index < -0.39 is 11.2 Å². The lowest BCUT2D eigenvalue weighted by atomic mass is 10.7. The van der Waals surface area contributed by atoms with Crippen LogP contribution in [0.15, 0.2) is 4.99 Å². The molecule has 0 atom stereocenters. The number of hydrogen-bond acceptors (Lipinski definition) is 4. The molecule has 0 unspecified atom stereocenters. The summed E-state index contributed by atoms with van der Waals surface area (Å²) in [5.74, 6) is 0. The van der Waals surface area contributed by atoms with Gasteiger partial charge in [0, 0.05) is 14.1 Å². The van der Waals surface area contributed by atoms with E-state index in [1.165, 1.54) is 6.34 Å². The molecular weight excluding hydrogens is 217 g/mol. The van der Waals surface area contributed by atoms with Gasteiger partial charge in [0.1, 0.15) is 0 Å². The molecule has 8 heteroatoms. The first kappa shape index (κ1) is 10.9. The Hall–Kier alpha value is -1.18. The first-order valence-corrected chi connectivity index (χ1v) is 4.32. The molecule has 0 aliphatic heterocycles. The summed E-state index contributed by atoms with van der Waals surface area (Å²) in [7, 11) is 3.41. The van der Waals surface area contributed by atoms with Crippen LogP contribution in [-0.2, 0) is 6.18 Å². The van der Waals surface area contributed by atoms with Crippen LogP contribution in [0.25, 0.3) is 0 Å². The largest absolute Gasteiger partial charge is 0.445 e. The van der Waals surface area contributed by atoms with Crippen molar-refractivity contribution in [2.45, 2.75) is 6.18 Å². The normalized spacial score (nSPS) is 12.4. The molecule has 0 aromatic carbocycles. The highest BCUT2D eigenvalue weighted by Crippen LogP contribution is 2.33. The average molecular weight is 224 g/mol. The number of aliphatic imine (C=N–C) groups is 1. The van der Waals surface area contributed by atoms with Crippen LogP contribution in [0, 0.1) is 0 Å². The van der Waals surface area contributed by atoms with E-state index in [4.69, 9.17) is 0 Å². The monoisotopic (exact) mass is 224 g/mol. The predicted octanol–water partition coefficient (Wildman–Crippen LogP) is 1.78. The SMILES string of the molecule is CN(C)C=Nc1nnc(C(F)(F)F)s1. The maximum Gasteiger partial charge on any atom is 0.445 e. The first-order chi connectivity index (χ1) is 6.39. The lowest BCUT2D eigenvalue weighted by Gasteiger charge is -1.99. The van der Waals surface area contributed by atoms with Crippen molar-refractivity contribution in [3.05, 3.63) is 5.01 Å². The predicted molar refractivity (Wildman–Crippen MR) is 46.8 cm³/mol. The van der Waals surface area contributed by atoms with Gasteiger partial charge in [-0.25, -0.2) is 4.99 Å². The average Bonchev–Trinajstić information content (AvgIpc) is 2.47. The van der Waals surface area contributed by atoms with Crippen LogP contribution in [0.2, 0.25) is 0 Å². The van der Waals surface area contributed by atoms with E-state index in [0.717, 1.165) is 0 Å². The molecule has 0 radical (unpaired) electrons. The maximum absolute atomic E-state index is 12.0. The van der Waals surface area contributed by atoms with Gasteiger partial charge in [0.05, 0.1) is 6.34 Å². The van der Waals surface area contributed by atoms with Crippen molar-refractivity contribution in [2.75, 3.05) is 14.1 Å². The minimum absolute atomic E-state index is 0.00831. The molecule has 0 amide bonds. The molecular formula is C6H7F3N4S. The molecule has 0 aliphatic carbocycles. The van der Waals surface area contributed by atoms with Crippen molar-refractivity contribution in [2.24, 2.45) is 4.99 Å². The van der Waals surface area contributed by atoms with Gasteiger partial charge in [0.2, 0.25) is 10.1 Å². The highest BCUT2D eigenvalue weighted by Gasteiger charge is 2.35. The Morgan fingerprint density at radius 1 is 1.36 bits per heavy atom. The number of nitrogens with zero attached hydrogens (tertiary/aromatic N) is 4. The number of halogens is 3. The van der Waals surface area contributed by atoms with Crippen molar-refractivity contribution >= 4 is 22.8 Å². The van der Waals surface area contributed by atoms with E-state index >= 15 is 0 Å². The van der Waals surface area contributed by atoms with Gasteiger partial charge >= 0.3 is 6.18 Å². The fourth-order valence-corrected chi connectivity index (χ4v) is 1.10. The molecule has 0 saturated carbocycles. The van der Waals surface area contributed by atoms with Gasteiger partial charge in [-0.1, -0.05) is 11.3 Å². The first-order valence-electron chi connectivity index (χ1n) is 3.51. The van der Waals surface area contributed by atoms with Gasteiger partial charge in [-0.2, -0.15) is 13.2 Å². The Bertz CT molecular complexity index is 330. The molecule has 0 bridgehead atoms. The quantitative estimate of drug-likeness (QED) is 0.568. The Morgan fingerprint density at radius 3 is 2.43 bits per heavy atom. The fourth-order valence-electron chi connectivity index (χ4n) is 0.547. The second-order valence-electron chi connectivity index (χ2n) is 2.60. The van der Waals surface area contributed by atoms with Crippen LogP contribution in [0.1, 0.15) is 5.01 Å². The van der Waals surface area contributed by atoms with Crippen molar-refractivity contribution in [3.63, 3.8) is 0 Å². The van der Waals surface area contributed by atoms with Gasteiger partial charge in [-0.15, -0.1) is 10.2 Å². The Kier molecular flexibility index (Phi) is 3.04. The zero-order valence-corrected chi connectivity index (χ0v) is 8.22. The summed E-state index contributed by atoms with van der Waals surface area (Å²) in [6, 6.07) is 0. The van der Waals surface area contributed by atoms with Gasteiger partial charge in [0.25, 0.3) is 0 Å². The summed E-state index contributed by atoms with van der Waals surface area (Å²) in [6.07, 6.45) is -3.08. The van der Waals surface area contributed by atoms with E-state index in [-0.39, 0.29) is 5.13 Å². The number of rotatable bonds is 2. The summed E-state index contributed by atoms with van der Waals surface area (Å²) >= 11 is 0.410. The molecule has 0 fully saturated rings. The summed E-state index contributed by atoms with van der Waals surface area (Å²) in [5.41, 5.74) is 0. The number of aromatic nitrogens is 2. The van der Waals surface area contributed by atoms with Crippen molar-refractivity contribution < 1.29 is 13.2 Å². The molecule has 1 heterocycles. The number of alkyl halides is 3. The van der Waals surface area contributed by atoms with Crippen molar-refractivity contribution in [1.29, 1.82) is 0 Å². The molecule has 1 aromatic heterocycles. The van der Waals surface area contributed by atoms with Gasteiger partial charge < -0.3 is 4.90 Å². The van der Waals surface area contributed by atoms with E-state index in [1.807, 2.05) is 0 Å². The maximum atomic E-state index is 12.0. The third-order valence-corrected chi connectivity index (χ3v) is 1.93. The second kappa shape index (κ2) is 3.91. The third-order valence-electron chi connectivity index (χ3n) is 1.06. The smallest absolute Gasteiger partial charge is 0.369 e. The van der Waals surface area contributed by atoms with Crippen LogP contribution < -0.4 is 0 Å². The standard InChI is InChI=1S/C6H7F3N4S/c1-13(2)3-10-5-12-11-4(14-5)6(7,8)9/h3H,1-2H3. The molecule has 1 aromatic rings. The van der Waals surface area contributed by atoms with Gasteiger partial charge in [-0.3, -0.25) is 0 Å². The van der Waals surface area contributed by atoms with E-state index in [0.29, 0.717) is 11.3 Å². The summed E-state index contributed by atoms with van der Waals surface area (Å²) in [6.45, 7) is 0. The molecule has 0 spiro atoms. The summed E-state index contributed by atoms with van der Waals surface area (Å²) in [5, 5.41) is 5.26. The Balaban J connectivity index is 2.79. The fraction of sp³-hybridized carbons (Fsp3) is 0.500. The topological polar surface area (TPSA) is 41.4 Å². The second-order valence-corrected chi connectivity index (χ2v) is 3.55. The van der Waals surface area contributed by atoms with E-state index in [2.05, 4.69) is 15.2 Å². The van der Waals surface area contributed by atoms with E-state index in [9.17, 15) is 13.2 Å². The van der Waals surface area contributed by atoms with Crippen LogP contribution in [0.3, 0.4) is 0 Å². The lowest BCUT2D eigenvalue weighted by molar-refractivity contribution is -0.138. The zero-order valence-electron chi connectivity index (χ0n) is 7.41. The molecule has 14 heavy (non-hydrogen) atoms. The van der Waals surface area contributed by atoms with Crippen molar-refractivity contribution in [3.8, 4) is 0 Å². The molecule has 0 saturated heterocycles. The zero-order chi connectivity index (χ0) is 10.8. The van der Waals surface area contributed by atoms with Gasteiger partial charge in [0.15, 0.2) is 0 Å². The molecule has 1 rings (SSSR count). The van der Waals surface area contributed by atoms with E-state index in [1.54, 1.807) is 19.0 Å². The highest BCUT2D eigenvalue weighted by atomic mass is 32.1.